The van der Waals surface area contributed by atoms with Gasteiger partial charge in [0.15, 0.2) is 0 Å². The van der Waals surface area contributed by atoms with Crippen molar-refractivity contribution in [2.45, 2.75) is 29.9 Å². The van der Waals surface area contributed by atoms with Crippen molar-refractivity contribution in [3.8, 4) is 0 Å². The molecule has 1 saturated heterocycles. The number of rotatable bonds is 5. The zero-order chi connectivity index (χ0) is 15.5. The second-order valence-electron chi connectivity index (χ2n) is 5.08. The first-order valence-electron chi connectivity index (χ1n) is 6.67. The molecule has 1 aliphatic rings. The van der Waals surface area contributed by atoms with Crippen molar-refractivity contribution in [2.24, 2.45) is 5.14 Å². The Balaban J connectivity index is 1.80. The molecular formula is C13H19N3O4S. The van der Waals surface area contributed by atoms with Gasteiger partial charge in [0, 0.05) is 13.1 Å². The lowest BCUT2D eigenvalue weighted by molar-refractivity contribution is -0.122. The van der Waals surface area contributed by atoms with Crippen LogP contribution in [-0.4, -0.2) is 44.7 Å². The van der Waals surface area contributed by atoms with Gasteiger partial charge in [-0.2, -0.15) is 0 Å². The normalized spacial score (nSPS) is 22.2. The van der Waals surface area contributed by atoms with Crippen molar-refractivity contribution < 1.29 is 18.3 Å². The minimum atomic E-state index is -3.67. The third-order valence-electron chi connectivity index (χ3n) is 3.39. The number of β-amino-alcohol motifs (C(OH)–C–C–N with tert-alkyl or cyclic N) is 1. The molecule has 0 bridgehead atoms. The van der Waals surface area contributed by atoms with E-state index < -0.39 is 16.1 Å². The molecule has 1 heterocycles. The van der Waals surface area contributed by atoms with Crippen molar-refractivity contribution in [3.05, 3.63) is 29.8 Å². The van der Waals surface area contributed by atoms with Crippen LogP contribution in [0.5, 0.6) is 0 Å². The van der Waals surface area contributed by atoms with Gasteiger partial charge in [0.2, 0.25) is 15.9 Å². The highest BCUT2D eigenvalue weighted by atomic mass is 32.2. The molecule has 0 spiro atoms. The molecule has 7 nitrogen and oxygen atoms in total. The van der Waals surface area contributed by atoms with Crippen molar-refractivity contribution in [1.29, 1.82) is 0 Å². The summed E-state index contributed by atoms with van der Waals surface area (Å²) in [7, 11) is -3.67. The predicted octanol–water partition coefficient (Wildman–Crippen LogP) is -1.28. The van der Waals surface area contributed by atoms with Gasteiger partial charge in [-0.05, 0) is 30.5 Å². The van der Waals surface area contributed by atoms with Gasteiger partial charge in [-0.3, -0.25) is 4.79 Å². The Morgan fingerprint density at radius 2 is 2.05 bits per heavy atom. The van der Waals surface area contributed by atoms with Crippen LogP contribution in [0.1, 0.15) is 12.0 Å². The molecule has 21 heavy (non-hydrogen) atoms. The fraction of sp³-hybridized carbons (Fsp3) is 0.462. The number of nitrogens with two attached hydrogens (primary N) is 1. The number of benzene rings is 1. The second-order valence-corrected chi connectivity index (χ2v) is 6.64. The molecule has 116 valence electrons. The molecule has 0 saturated carbocycles. The van der Waals surface area contributed by atoms with E-state index in [0.717, 1.165) is 5.56 Å². The molecule has 1 aliphatic heterocycles. The number of primary sulfonamides is 1. The largest absolute Gasteiger partial charge is 0.392 e. The summed E-state index contributed by atoms with van der Waals surface area (Å²) in [6.07, 6.45) is 0.548. The molecule has 0 aliphatic carbocycles. The number of carbonyl (C=O) groups is 1. The summed E-state index contributed by atoms with van der Waals surface area (Å²) in [4.78, 5) is 11.9. The van der Waals surface area contributed by atoms with Gasteiger partial charge in [-0.25, -0.2) is 13.6 Å². The highest BCUT2D eigenvalue weighted by Crippen LogP contribution is 2.09. The summed E-state index contributed by atoms with van der Waals surface area (Å²) < 4.78 is 22.2. The van der Waals surface area contributed by atoms with Gasteiger partial charge in [0.25, 0.3) is 0 Å². The van der Waals surface area contributed by atoms with E-state index in [2.05, 4.69) is 10.6 Å². The number of hydrogen-bond acceptors (Lipinski definition) is 5. The number of hydrogen-bond donors (Lipinski definition) is 4. The number of aliphatic hydroxyl groups excluding tert-OH is 1. The molecule has 1 amide bonds. The average molecular weight is 313 g/mol. The monoisotopic (exact) mass is 313 g/mol. The number of nitrogens with one attached hydrogen (secondary N) is 2. The van der Waals surface area contributed by atoms with Crippen LogP contribution in [-0.2, 0) is 21.2 Å². The summed E-state index contributed by atoms with van der Waals surface area (Å²) in [5, 5.41) is 20.1. The molecule has 8 heteroatoms. The van der Waals surface area contributed by atoms with E-state index in [1.165, 1.54) is 12.1 Å². The van der Waals surface area contributed by atoms with Crippen molar-refractivity contribution in [1.82, 2.24) is 10.6 Å². The van der Waals surface area contributed by atoms with Crippen LogP contribution in [0.15, 0.2) is 29.2 Å². The maximum Gasteiger partial charge on any atom is 0.238 e. The van der Waals surface area contributed by atoms with Crippen LogP contribution in [0.2, 0.25) is 0 Å². The van der Waals surface area contributed by atoms with Gasteiger partial charge in [-0.15, -0.1) is 0 Å². The lowest BCUT2D eigenvalue weighted by atomic mass is 10.1. The minimum absolute atomic E-state index is 0.0689. The second kappa shape index (κ2) is 6.52. The van der Waals surface area contributed by atoms with Gasteiger partial charge in [0.1, 0.15) is 0 Å². The zero-order valence-corrected chi connectivity index (χ0v) is 12.3. The van der Waals surface area contributed by atoms with E-state index >= 15 is 0 Å². The molecule has 5 N–H and O–H groups in total. The Morgan fingerprint density at radius 1 is 1.38 bits per heavy atom. The lowest BCUT2D eigenvalue weighted by Gasteiger charge is -2.11. The minimum Gasteiger partial charge on any atom is -0.392 e. The van der Waals surface area contributed by atoms with Crippen LogP contribution in [0.3, 0.4) is 0 Å². The van der Waals surface area contributed by atoms with Crippen LogP contribution in [0.25, 0.3) is 0 Å². The quantitative estimate of drug-likeness (QED) is 0.539. The Hall–Kier alpha value is -1.48. The average Bonchev–Trinajstić information content (AvgIpc) is 2.85. The summed E-state index contributed by atoms with van der Waals surface area (Å²) in [6.45, 7) is 0.884. The first-order valence-corrected chi connectivity index (χ1v) is 8.22. The molecule has 0 aromatic heterocycles. The summed E-state index contributed by atoms with van der Waals surface area (Å²) >= 11 is 0. The first-order chi connectivity index (χ1) is 9.86. The molecule has 0 radical (unpaired) electrons. The molecule has 1 aromatic carbocycles. The summed E-state index contributed by atoms with van der Waals surface area (Å²) in [5.74, 6) is -0.132. The van der Waals surface area contributed by atoms with E-state index in [-0.39, 0.29) is 16.8 Å². The molecule has 2 rings (SSSR count). The number of sulfonamides is 1. The van der Waals surface area contributed by atoms with Gasteiger partial charge in [-0.1, -0.05) is 12.1 Å². The molecule has 2 unspecified atom stereocenters. The Kier molecular flexibility index (Phi) is 4.94. The maximum absolute atomic E-state index is 11.8. The summed E-state index contributed by atoms with van der Waals surface area (Å²) in [5.41, 5.74) is 0.905. The Bertz CT molecular complexity index is 600. The highest BCUT2D eigenvalue weighted by Gasteiger charge is 2.27. The van der Waals surface area contributed by atoms with Gasteiger partial charge in [0.05, 0.1) is 17.0 Å². The van der Waals surface area contributed by atoms with Crippen molar-refractivity contribution >= 4 is 15.9 Å². The van der Waals surface area contributed by atoms with E-state index in [0.29, 0.717) is 25.9 Å². The van der Waals surface area contributed by atoms with Gasteiger partial charge >= 0.3 is 0 Å². The fourth-order valence-corrected chi connectivity index (χ4v) is 2.73. The Labute approximate surface area is 123 Å². The standard InChI is InChI=1S/C13H19N3O4S/c14-21(19,20)11-3-1-9(2-4-11)5-6-15-13(18)12-7-10(17)8-16-12/h1-4,10,12,16-17H,5-8H2,(H,15,18)(H2,14,19,20). The molecule has 2 atom stereocenters. The van der Waals surface area contributed by atoms with Crippen LogP contribution >= 0.6 is 0 Å². The third kappa shape index (κ3) is 4.50. The maximum atomic E-state index is 11.8. The highest BCUT2D eigenvalue weighted by molar-refractivity contribution is 7.89. The van der Waals surface area contributed by atoms with E-state index in [1.54, 1.807) is 12.1 Å². The van der Waals surface area contributed by atoms with E-state index in [9.17, 15) is 18.3 Å². The lowest BCUT2D eigenvalue weighted by Crippen LogP contribution is -2.41. The zero-order valence-electron chi connectivity index (χ0n) is 11.5. The van der Waals surface area contributed by atoms with E-state index in [1.807, 2.05) is 0 Å². The smallest absolute Gasteiger partial charge is 0.238 e. The van der Waals surface area contributed by atoms with Crippen LogP contribution in [0.4, 0.5) is 0 Å². The van der Waals surface area contributed by atoms with Gasteiger partial charge < -0.3 is 15.7 Å². The Morgan fingerprint density at radius 3 is 2.57 bits per heavy atom. The van der Waals surface area contributed by atoms with Crippen LogP contribution in [0, 0.1) is 0 Å². The van der Waals surface area contributed by atoms with Crippen LogP contribution < -0.4 is 15.8 Å². The molecular weight excluding hydrogens is 294 g/mol. The number of carbonyl (C=O) groups excluding carboxylic acids is 1. The number of aliphatic hydroxyl groups is 1. The molecule has 1 fully saturated rings. The summed E-state index contributed by atoms with van der Waals surface area (Å²) in [6, 6.07) is 5.89. The van der Waals surface area contributed by atoms with E-state index in [4.69, 9.17) is 5.14 Å². The number of amides is 1. The third-order valence-corrected chi connectivity index (χ3v) is 4.32. The molecule has 1 aromatic rings. The SMILES string of the molecule is NS(=O)(=O)c1ccc(CCNC(=O)C2CC(O)CN2)cc1. The topological polar surface area (TPSA) is 122 Å². The first kappa shape index (κ1) is 15.9. The van der Waals surface area contributed by atoms with Crippen molar-refractivity contribution in [2.75, 3.05) is 13.1 Å². The van der Waals surface area contributed by atoms with Crippen molar-refractivity contribution in [3.63, 3.8) is 0 Å². The fourth-order valence-electron chi connectivity index (χ4n) is 2.22. The predicted molar refractivity (Wildman–Crippen MR) is 76.9 cm³/mol.